The van der Waals surface area contributed by atoms with Crippen LogP contribution in [-0.4, -0.2) is 29.0 Å². The van der Waals surface area contributed by atoms with Crippen LogP contribution in [-0.2, 0) is 9.53 Å². The molecule has 1 heterocycles. The number of carbonyl (C=O) groups excluding carboxylic acids is 1. The van der Waals surface area contributed by atoms with E-state index >= 15 is 0 Å². The first-order valence-corrected chi connectivity index (χ1v) is 4.59. The van der Waals surface area contributed by atoms with Crippen molar-refractivity contribution in [2.75, 3.05) is 19.0 Å². The van der Waals surface area contributed by atoms with E-state index in [9.17, 15) is 4.79 Å². The van der Waals surface area contributed by atoms with E-state index in [0.29, 0.717) is 24.0 Å². The Morgan fingerprint density at radius 3 is 3.00 bits per heavy atom. The van der Waals surface area contributed by atoms with Crippen LogP contribution in [0.5, 0.6) is 0 Å². The number of aromatic nitrogens is 2. The zero-order valence-corrected chi connectivity index (χ0v) is 8.35. The normalized spacial score (nSPS) is 10.0. The van der Waals surface area contributed by atoms with Crippen LogP contribution >= 0.6 is 11.5 Å². The van der Waals surface area contributed by atoms with Gasteiger partial charge in [0.05, 0.1) is 13.0 Å². The Balaban J connectivity index is 2.36. The SMILES string of the molecule is COCCC(=O)Nc1nc(C)ns1. The first kappa shape index (κ1) is 10.1. The average Bonchev–Trinajstić information content (AvgIpc) is 2.48. The molecule has 13 heavy (non-hydrogen) atoms. The molecule has 0 aliphatic carbocycles. The topological polar surface area (TPSA) is 64.1 Å². The minimum absolute atomic E-state index is 0.0991. The molecule has 5 nitrogen and oxygen atoms in total. The summed E-state index contributed by atoms with van der Waals surface area (Å²) in [5, 5.41) is 3.16. The summed E-state index contributed by atoms with van der Waals surface area (Å²) in [5.41, 5.74) is 0. The minimum Gasteiger partial charge on any atom is -0.384 e. The molecule has 0 aliphatic heterocycles. The number of rotatable bonds is 4. The second-order valence-corrected chi connectivity index (χ2v) is 3.19. The first-order chi connectivity index (χ1) is 6.22. The third-order valence-electron chi connectivity index (χ3n) is 1.31. The fourth-order valence-corrected chi connectivity index (χ4v) is 1.32. The molecule has 0 fully saturated rings. The van der Waals surface area contributed by atoms with Crippen molar-refractivity contribution >= 4 is 22.6 Å². The molecule has 1 aromatic rings. The Morgan fingerprint density at radius 1 is 1.69 bits per heavy atom. The molecule has 0 unspecified atom stereocenters. The van der Waals surface area contributed by atoms with Crippen LogP contribution in [0.25, 0.3) is 0 Å². The van der Waals surface area contributed by atoms with Gasteiger partial charge < -0.3 is 10.1 Å². The predicted molar refractivity (Wildman–Crippen MR) is 49.8 cm³/mol. The minimum atomic E-state index is -0.0991. The summed E-state index contributed by atoms with van der Waals surface area (Å²) in [7, 11) is 1.56. The lowest BCUT2D eigenvalue weighted by Gasteiger charge is -1.98. The number of hydrogen-bond acceptors (Lipinski definition) is 5. The molecule has 0 radical (unpaired) electrons. The van der Waals surface area contributed by atoms with Crippen LogP contribution in [0.2, 0.25) is 0 Å². The molecule has 0 bridgehead atoms. The van der Waals surface area contributed by atoms with Gasteiger partial charge in [0.2, 0.25) is 11.0 Å². The van der Waals surface area contributed by atoms with Gasteiger partial charge in [-0.2, -0.15) is 4.37 Å². The van der Waals surface area contributed by atoms with Gasteiger partial charge >= 0.3 is 0 Å². The highest BCUT2D eigenvalue weighted by Gasteiger charge is 2.04. The van der Waals surface area contributed by atoms with Crippen molar-refractivity contribution in [1.29, 1.82) is 0 Å². The summed E-state index contributed by atoms with van der Waals surface area (Å²) in [5.74, 6) is 0.574. The fraction of sp³-hybridized carbons (Fsp3) is 0.571. The molecule has 1 rings (SSSR count). The largest absolute Gasteiger partial charge is 0.384 e. The summed E-state index contributed by atoms with van der Waals surface area (Å²) in [4.78, 5) is 15.1. The second-order valence-electron chi connectivity index (χ2n) is 2.44. The number of aryl methyl sites for hydroxylation is 1. The highest BCUT2D eigenvalue weighted by atomic mass is 32.1. The Morgan fingerprint density at radius 2 is 2.46 bits per heavy atom. The van der Waals surface area contributed by atoms with Gasteiger partial charge in [-0.05, 0) is 6.92 Å². The van der Waals surface area contributed by atoms with Crippen LogP contribution in [0.15, 0.2) is 0 Å². The standard InChI is InChI=1S/C7H11N3O2S/c1-5-8-7(13-10-5)9-6(11)3-4-12-2/h3-4H2,1-2H3,(H,8,9,10,11). The van der Waals surface area contributed by atoms with Gasteiger partial charge in [0.15, 0.2) is 0 Å². The van der Waals surface area contributed by atoms with Crippen LogP contribution in [0.4, 0.5) is 5.13 Å². The molecular weight excluding hydrogens is 190 g/mol. The monoisotopic (exact) mass is 201 g/mol. The maximum atomic E-state index is 11.1. The molecule has 0 aliphatic rings. The summed E-state index contributed by atoms with van der Waals surface area (Å²) >= 11 is 1.18. The lowest BCUT2D eigenvalue weighted by atomic mass is 10.4. The number of nitrogens with one attached hydrogen (secondary N) is 1. The van der Waals surface area contributed by atoms with Gasteiger partial charge in [-0.1, -0.05) is 0 Å². The lowest BCUT2D eigenvalue weighted by Crippen LogP contribution is -2.13. The van der Waals surface area contributed by atoms with Crippen molar-refractivity contribution < 1.29 is 9.53 Å². The molecule has 0 spiro atoms. The summed E-state index contributed by atoms with van der Waals surface area (Å²) in [6, 6.07) is 0. The first-order valence-electron chi connectivity index (χ1n) is 3.81. The van der Waals surface area contributed by atoms with Gasteiger partial charge in [0.25, 0.3) is 0 Å². The Bertz CT molecular complexity index is 287. The molecule has 1 amide bonds. The quantitative estimate of drug-likeness (QED) is 0.783. The van der Waals surface area contributed by atoms with Gasteiger partial charge in [-0.3, -0.25) is 4.79 Å². The van der Waals surface area contributed by atoms with Crippen molar-refractivity contribution in [3.63, 3.8) is 0 Å². The number of ether oxygens (including phenoxy) is 1. The highest BCUT2D eigenvalue weighted by molar-refractivity contribution is 7.09. The zero-order chi connectivity index (χ0) is 9.68. The van der Waals surface area contributed by atoms with Crippen LogP contribution in [0.3, 0.4) is 0 Å². The van der Waals surface area contributed by atoms with Crippen molar-refractivity contribution in [3.05, 3.63) is 5.82 Å². The molecule has 6 heteroatoms. The molecule has 0 saturated heterocycles. The van der Waals surface area contributed by atoms with E-state index in [4.69, 9.17) is 4.74 Å². The van der Waals surface area contributed by atoms with E-state index in [1.807, 2.05) is 0 Å². The smallest absolute Gasteiger partial charge is 0.228 e. The van der Waals surface area contributed by atoms with Crippen molar-refractivity contribution in [1.82, 2.24) is 9.36 Å². The summed E-state index contributed by atoms with van der Waals surface area (Å²) in [6.07, 6.45) is 0.342. The second kappa shape index (κ2) is 4.88. The van der Waals surface area contributed by atoms with Crippen molar-refractivity contribution in [2.24, 2.45) is 0 Å². The molecule has 1 N–H and O–H groups in total. The van der Waals surface area contributed by atoms with Gasteiger partial charge in [0.1, 0.15) is 5.82 Å². The number of methoxy groups -OCH3 is 1. The number of hydrogen-bond donors (Lipinski definition) is 1. The fourth-order valence-electron chi connectivity index (χ4n) is 0.724. The third-order valence-corrected chi connectivity index (χ3v) is 2.03. The predicted octanol–water partition coefficient (Wildman–Crippen LogP) is 0.822. The van der Waals surface area contributed by atoms with E-state index in [0.717, 1.165) is 0 Å². The third kappa shape index (κ3) is 3.47. The van der Waals surface area contributed by atoms with Crippen LogP contribution < -0.4 is 5.32 Å². The molecule has 0 atom stereocenters. The van der Waals surface area contributed by atoms with E-state index < -0.39 is 0 Å². The van der Waals surface area contributed by atoms with E-state index in [2.05, 4.69) is 14.7 Å². The molecule has 0 aromatic carbocycles. The van der Waals surface area contributed by atoms with E-state index in [1.54, 1.807) is 14.0 Å². The Kier molecular flexibility index (Phi) is 3.78. The molecule has 72 valence electrons. The van der Waals surface area contributed by atoms with E-state index in [-0.39, 0.29) is 5.91 Å². The maximum Gasteiger partial charge on any atom is 0.228 e. The number of anilines is 1. The average molecular weight is 201 g/mol. The Labute approximate surface area is 80.3 Å². The summed E-state index contributed by atoms with van der Waals surface area (Å²) < 4.78 is 8.70. The van der Waals surface area contributed by atoms with Crippen molar-refractivity contribution in [3.8, 4) is 0 Å². The van der Waals surface area contributed by atoms with Crippen LogP contribution in [0, 0.1) is 6.92 Å². The van der Waals surface area contributed by atoms with Crippen molar-refractivity contribution in [2.45, 2.75) is 13.3 Å². The lowest BCUT2D eigenvalue weighted by molar-refractivity contribution is -0.117. The summed E-state index contributed by atoms with van der Waals surface area (Å²) in [6.45, 7) is 2.20. The number of amides is 1. The zero-order valence-electron chi connectivity index (χ0n) is 7.53. The van der Waals surface area contributed by atoms with Gasteiger partial charge in [-0.25, -0.2) is 4.98 Å². The molecule has 1 aromatic heterocycles. The van der Waals surface area contributed by atoms with Crippen LogP contribution in [0.1, 0.15) is 12.2 Å². The Hall–Kier alpha value is -1.01. The number of carbonyl (C=O) groups is 1. The van der Waals surface area contributed by atoms with Gasteiger partial charge in [-0.15, -0.1) is 0 Å². The maximum absolute atomic E-state index is 11.1. The highest BCUT2D eigenvalue weighted by Crippen LogP contribution is 2.09. The molecule has 0 saturated carbocycles. The molecular formula is C7H11N3O2S. The van der Waals surface area contributed by atoms with Gasteiger partial charge in [0, 0.05) is 18.6 Å². The number of nitrogens with zero attached hydrogens (tertiary/aromatic N) is 2. The van der Waals surface area contributed by atoms with E-state index in [1.165, 1.54) is 11.5 Å².